The second-order valence-corrected chi connectivity index (χ2v) is 11.8. The molecule has 2 unspecified atom stereocenters. The van der Waals surface area contributed by atoms with Crippen LogP contribution in [-0.2, 0) is 16.1 Å². The van der Waals surface area contributed by atoms with E-state index in [2.05, 4.69) is 17.2 Å². The summed E-state index contributed by atoms with van der Waals surface area (Å²) in [6, 6.07) is 26.4. The molecule has 2 atom stereocenters. The molecule has 1 aromatic heterocycles. The first kappa shape index (κ1) is 30.3. The Bertz CT molecular complexity index is 1680. The Kier molecular flexibility index (Phi) is 9.07. The van der Waals surface area contributed by atoms with Crippen molar-refractivity contribution < 1.29 is 19.1 Å². The quantitative estimate of drug-likeness (QED) is 0.258. The van der Waals surface area contributed by atoms with E-state index in [0.717, 1.165) is 35.9 Å². The molecule has 9 heteroatoms. The number of anilines is 1. The van der Waals surface area contributed by atoms with Crippen LogP contribution >= 0.6 is 0 Å². The normalized spacial score (nSPS) is 18.6. The average Bonchev–Trinajstić information content (AvgIpc) is 3.57. The van der Waals surface area contributed by atoms with E-state index >= 15 is 0 Å². The Morgan fingerprint density at radius 2 is 1.67 bits per heavy atom. The largest absolute Gasteiger partial charge is 0.451 e. The number of hydrazine groups is 1. The van der Waals surface area contributed by atoms with Gasteiger partial charge in [0.05, 0.1) is 36.1 Å². The van der Waals surface area contributed by atoms with Gasteiger partial charge in [0.15, 0.2) is 0 Å². The van der Waals surface area contributed by atoms with E-state index in [9.17, 15) is 14.4 Å². The summed E-state index contributed by atoms with van der Waals surface area (Å²) in [6.07, 6.45) is 3.97. The van der Waals surface area contributed by atoms with Gasteiger partial charge < -0.3 is 9.64 Å². The topological polar surface area (TPSA) is 95.1 Å². The highest BCUT2D eigenvalue weighted by Gasteiger charge is 2.35. The third-order valence-electron chi connectivity index (χ3n) is 9.16. The van der Waals surface area contributed by atoms with E-state index in [-0.39, 0.29) is 12.5 Å². The van der Waals surface area contributed by atoms with Crippen molar-refractivity contribution in [1.29, 1.82) is 0 Å². The van der Waals surface area contributed by atoms with Crippen molar-refractivity contribution in [3.8, 4) is 11.3 Å². The fourth-order valence-corrected chi connectivity index (χ4v) is 6.69. The van der Waals surface area contributed by atoms with Gasteiger partial charge in [-0.05, 0) is 43.4 Å². The lowest BCUT2D eigenvalue weighted by molar-refractivity contribution is -0.137. The monoisotopic (exact) mass is 605 g/mol. The number of benzene rings is 3. The Hall–Kier alpha value is -4.76. The van der Waals surface area contributed by atoms with Gasteiger partial charge in [0, 0.05) is 42.2 Å². The zero-order valence-electron chi connectivity index (χ0n) is 25.8. The SMILES string of the molecule is CCC1CCC(N2CCN(Cc3c(-c4ccccc4)nc4ccccc4c3C(=O)NN(C(=O)OC)c3ccccc3)C(=O)C2)C1. The third-order valence-corrected chi connectivity index (χ3v) is 9.16. The number of nitrogens with zero attached hydrogens (tertiary/aromatic N) is 4. The Morgan fingerprint density at radius 1 is 0.956 bits per heavy atom. The van der Waals surface area contributed by atoms with Crippen LogP contribution in [0.3, 0.4) is 0 Å². The highest BCUT2D eigenvalue weighted by molar-refractivity contribution is 6.10. The van der Waals surface area contributed by atoms with Gasteiger partial charge in [-0.15, -0.1) is 0 Å². The molecular weight excluding hydrogens is 566 g/mol. The minimum Gasteiger partial charge on any atom is -0.451 e. The Morgan fingerprint density at radius 3 is 2.36 bits per heavy atom. The first-order chi connectivity index (χ1) is 22.0. The summed E-state index contributed by atoms with van der Waals surface area (Å²) in [7, 11) is 1.27. The molecular formula is C36H39N5O4. The Labute approximate surface area is 263 Å². The number of ether oxygens (including phenoxy) is 1. The summed E-state index contributed by atoms with van der Waals surface area (Å²) in [5.74, 6) is 0.277. The number of para-hydroxylation sites is 2. The number of methoxy groups -OCH3 is 1. The van der Waals surface area contributed by atoms with E-state index in [1.165, 1.54) is 20.0 Å². The van der Waals surface area contributed by atoms with E-state index in [0.29, 0.717) is 52.5 Å². The van der Waals surface area contributed by atoms with Crippen molar-refractivity contribution in [3.05, 3.63) is 96.1 Å². The number of rotatable bonds is 7. The third kappa shape index (κ3) is 6.40. The second kappa shape index (κ2) is 13.5. The molecule has 1 aliphatic heterocycles. The van der Waals surface area contributed by atoms with Crippen molar-refractivity contribution in [2.45, 2.75) is 45.2 Å². The fourth-order valence-electron chi connectivity index (χ4n) is 6.69. The molecule has 1 aliphatic carbocycles. The maximum Gasteiger partial charge on any atom is 0.433 e. The van der Waals surface area contributed by atoms with E-state index in [4.69, 9.17) is 9.72 Å². The van der Waals surface area contributed by atoms with Gasteiger partial charge in [-0.25, -0.2) is 9.78 Å². The second-order valence-electron chi connectivity index (χ2n) is 11.8. The smallest absolute Gasteiger partial charge is 0.433 e. The Balaban J connectivity index is 1.39. The van der Waals surface area contributed by atoms with Gasteiger partial charge in [0.25, 0.3) is 5.91 Å². The van der Waals surface area contributed by atoms with Crippen molar-refractivity contribution in [1.82, 2.24) is 20.2 Å². The van der Waals surface area contributed by atoms with Crippen LogP contribution in [0.4, 0.5) is 10.5 Å². The molecule has 6 rings (SSSR count). The van der Waals surface area contributed by atoms with Crippen molar-refractivity contribution in [2.75, 3.05) is 31.8 Å². The summed E-state index contributed by atoms with van der Waals surface area (Å²) >= 11 is 0. The number of pyridine rings is 1. The molecule has 232 valence electrons. The van der Waals surface area contributed by atoms with Crippen LogP contribution in [0.2, 0.25) is 0 Å². The van der Waals surface area contributed by atoms with E-state index in [1.54, 1.807) is 24.3 Å². The van der Waals surface area contributed by atoms with Crippen LogP contribution in [0.5, 0.6) is 0 Å². The lowest BCUT2D eigenvalue weighted by atomic mass is 9.95. The lowest BCUT2D eigenvalue weighted by Gasteiger charge is -2.38. The minimum atomic E-state index is -0.735. The van der Waals surface area contributed by atoms with Crippen LogP contribution in [0.1, 0.15) is 48.5 Å². The van der Waals surface area contributed by atoms with Crippen LogP contribution in [0.15, 0.2) is 84.9 Å². The van der Waals surface area contributed by atoms with Gasteiger partial charge in [-0.2, -0.15) is 5.01 Å². The highest BCUT2D eigenvalue weighted by atomic mass is 16.5. The van der Waals surface area contributed by atoms with Crippen LogP contribution < -0.4 is 10.4 Å². The zero-order chi connectivity index (χ0) is 31.3. The predicted molar refractivity (Wildman–Crippen MR) is 174 cm³/mol. The van der Waals surface area contributed by atoms with Crippen molar-refractivity contribution >= 4 is 34.5 Å². The van der Waals surface area contributed by atoms with Crippen LogP contribution in [0, 0.1) is 5.92 Å². The van der Waals surface area contributed by atoms with Gasteiger partial charge >= 0.3 is 6.09 Å². The van der Waals surface area contributed by atoms with Crippen molar-refractivity contribution in [3.63, 3.8) is 0 Å². The number of carbonyl (C=O) groups excluding carboxylic acids is 3. The predicted octanol–water partition coefficient (Wildman–Crippen LogP) is 6.04. The summed E-state index contributed by atoms with van der Waals surface area (Å²) in [5.41, 5.74) is 6.33. The number of nitrogens with one attached hydrogen (secondary N) is 1. The molecule has 2 heterocycles. The highest BCUT2D eigenvalue weighted by Crippen LogP contribution is 2.34. The fraction of sp³-hybridized carbons (Fsp3) is 0.333. The van der Waals surface area contributed by atoms with Crippen LogP contribution in [-0.4, -0.2) is 65.5 Å². The first-order valence-electron chi connectivity index (χ1n) is 15.7. The molecule has 0 spiro atoms. The van der Waals surface area contributed by atoms with E-state index < -0.39 is 12.0 Å². The molecule has 0 radical (unpaired) electrons. The minimum absolute atomic E-state index is 0.0419. The molecule has 9 nitrogen and oxygen atoms in total. The molecule has 1 saturated carbocycles. The standard InChI is InChI=1S/C36H39N5O4/c1-3-25-18-19-28(22-25)39-20-21-40(32(42)24-39)23-30-33(35(43)38-41(36(44)45-2)27-14-8-5-9-15-27)29-16-10-11-17-31(29)37-34(30)26-12-6-4-7-13-26/h4-17,25,28H,3,18-24H2,1-2H3,(H,38,43). The molecule has 45 heavy (non-hydrogen) atoms. The average molecular weight is 606 g/mol. The molecule has 0 bridgehead atoms. The number of piperazine rings is 1. The molecule has 3 aromatic carbocycles. The molecule has 2 fully saturated rings. The van der Waals surface area contributed by atoms with E-state index in [1.807, 2.05) is 65.6 Å². The zero-order valence-corrected chi connectivity index (χ0v) is 25.8. The number of amides is 3. The molecule has 1 N–H and O–H groups in total. The number of fused-ring (bicyclic) bond motifs is 1. The van der Waals surface area contributed by atoms with Gasteiger partial charge in [-0.1, -0.05) is 80.1 Å². The maximum absolute atomic E-state index is 14.4. The van der Waals surface area contributed by atoms with Crippen LogP contribution in [0.25, 0.3) is 22.2 Å². The summed E-state index contributed by atoms with van der Waals surface area (Å²) in [6.45, 7) is 4.18. The summed E-state index contributed by atoms with van der Waals surface area (Å²) in [5, 5.41) is 1.73. The maximum atomic E-state index is 14.4. The number of hydrogen-bond donors (Lipinski definition) is 1. The number of carbonyl (C=O) groups is 3. The molecule has 1 saturated heterocycles. The number of aromatic nitrogens is 1. The number of hydrogen-bond acceptors (Lipinski definition) is 6. The van der Waals surface area contributed by atoms with Gasteiger partial charge in [0.2, 0.25) is 5.91 Å². The van der Waals surface area contributed by atoms with Gasteiger partial charge in [0.1, 0.15) is 0 Å². The molecule has 3 amide bonds. The lowest BCUT2D eigenvalue weighted by Crippen LogP contribution is -2.53. The first-order valence-corrected chi connectivity index (χ1v) is 15.7. The summed E-state index contributed by atoms with van der Waals surface area (Å²) in [4.78, 5) is 50.2. The summed E-state index contributed by atoms with van der Waals surface area (Å²) < 4.78 is 5.02. The van der Waals surface area contributed by atoms with Crippen molar-refractivity contribution in [2.24, 2.45) is 5.92 Å². The molecule has 4 aromatic rings. The van der Waals surface area contributed by atoms with Gasteiger partial charge in [-0.3, -0.25) is 19.9 Å². The molecule has 2 aliphatic rings.